The lowest BCUT2D eigenvalue weighted by Gasteiger charge is -2.30. The number of hydrogen-bond donors (Lipinski definition) is 1. The Kier molecular flexibility index (Phi) is 6.50. The summed E-state index contributed by atoms with van der Waals surface area (Å²) >= 11 is 1.37. The Morgan fingerprint density at radius 1 is 1.25 bits per heavy atom. The smallest absolute Gasteiger partial charge is 0.330 e. The molecule has 0 radical (unpaired) electrons. The van der Waals surface area contributed by atoms with Crippen LogP contribution in [0.2, 0.25) is 0 Å². The second kappa shape index (κ2) is 8.82. The summed E-state index contributed by atoms with van der Waals surface area (Å²) in [5.74, 6) is -1.40. The number of rotatable bonds is 4. The van der Waals surface area contributed by atoms with Crippen LogP contribution >= 0.6 is 11.3 Å². The molecule has 0 saturated carbocycles. The molecule has 1 atom stereocenters. The first-order valence-electron chi connectivity index (χ1n) is 10.3. The topological polar surface area (TPSA) is 101 Å². The fourth-order valence-electron chi connectivity index (χ4n) is 2.91. The molecule has 0 aromatic carbocycles. The summed E-state index contributed by atoms with van der Waals surface area (Å²) in [5, 5.41) is 5.25. The first kappa shape index (κ1) is 23.6. The van der Waals surface area contributed by atoms with Crippen LogP contribution in [0.4, 0.5) is 5.13 Å². The van der Waals surface area contributed by atoms with Gasteiger partial charge in [0, 0.05) is 35.2 Å². The van der Waals surface area contributed by atoms with Crippen molar-refractivity contribution in [2.75, 3.05) is 11.9 Å². The highest BCUT2D eigenvalue weighted by atomic mass is 32.1. The van der Waals surface area contributed by atoms with Crippen molar-refractivity contribution in [3.63, 3.8) is 0 Å². The highest BCUT2D eigenvalue weighted by Gasteiger charge is 2.29. The van der Waals surface area contributed by atoms with Crippen molar-refractivity contribution in [2.45, 2.75) is 52.6 Å². The number of hydrogen-bond acceptors (Lipinski definition) is 7. The van der Waals surface area contributed by atoms with E-state index in [0.717, 1.165) is 5.69 Å². The number of amidine groups is 1. The Balaban J connectivity index is 1.67. The lowest BCUT2D eigenvalue weighted by Crippen LogP contribution is -2.39. The van der Waals surface area contributed by atoms with Crippen LogP contribution in [0.3, 0.4) is 0 Å². The van der Waals surface area contributed by atoms with E-state index in [2.05, 4.69) is 36.1 Å². The van der Waals surface area contributed by atoms with Gasteiger partial charge in [-0.1, -0.05) is 26.8 Å². The van der Waals surface area contributed by atoms with Crippen LogP contribution in [0, 0.1) is 5.92 Å². The average molecular weight is 457 g/mol. The van der Waals surface area contributed by atoms with E-state index in [4.69, 9.17) is 4.74 Å². The second-order valence-corrected chi connectivity index (χ2v) is 10.5. The average Bonchev–Trinajstić information content (AvgIpc) is 3.13. The van der Waals surface area contributed by atoms with Crippen LogP contribution in [0.1, 0.15) is 47.2 Å². The molecule has 2 amide bonds. The molecule has 0 saturated heterocycles. The summed E-state index contributed by atoms with van der Waals surface area (Å²) in [6.45, 7) is 11.8. The minimum absolute atomic E-state index is 0.102. The Morgan fingerprint density at radius 2 is 1.97 bits per heavy atom. The van der Waals surface area contributed by atoms with Crippen LogP contribution in [0.5, 0.6) is 0 Å². The Bertz CT molecular complexity index is 1050. The zero-order valence-corrected chi connectivity index (χ0v) is 19.9. The van der Waals surface area contributed by atoms with Gasteiger partial charge in [-0.2, -0.15) is 4.99 Å². The lowest BCUT2D eigenvalue weighted by atomic mass is 9.93. The number of fused-ring (bicyclic) bond motifs is 1. The van der Waals surface area contributed by atoms with Crippen LogP contribution in [0.25, 0.3) is 0 Å². The molecule has 9 heteroatoms. The van der Waals surface area contributed by atoms with Crippen LogP contribution < -0.4 is 5.32 Å². The SMILES string of the molecule is CC(C)(C)OC(=O)C=CC1CN2C=CC(C(=O)Nc3nc(C(C)(C)C)cs3)=CC2=NC1=O. The number of amides is 2. The number of aliphatic imine (C=N–C) groups is 1. The fraction of sp³-hybridized carbons (Fsp3) is 0.435. The summed E-state index contributed by atoms with van der Waals surface area (Å²) in [6.07, 6.45) is 7.70. The van der Waals surface area contributed by atoms with Crippen molar-refractivity contribution in [1.82, 2.24) is 9.88 Å². The van der Waals surface area contributed by atoms with Crippen LogP contribution in [0.15, 0.2) is 46.4 Å². The lowest BCUT2D eigenvalue weighted by molar-refractivity contribution is -0.148. The van der Waals surface area contributed by atoms with Crippen LogP contribution in [-0.2, 0) is 24.5 Å². The standard InChI is InChI=1S/C23H28N4O4S/c1-22(2,3)16-13-32-21(24-16)26-19(29)14-9-10-27-12-15(20(30)25-17(27)11-14)7-8-18(28)31-23(4,5)6/h7-11,13,15H,12H2,1-6H3,(H,24,26,29). The maximum absolute atomic E-state index is 12.7. The van der Waals surface area contributed by atoms with E-state index in [1.165, 1.54) is 23.5 Å². The molecule has 0 aliphatic carbocycles. The Morgan fingerprint density at radius 3 is 2.59 bits per heavy atom. The number of anilines is 1. The number of carbonyl (C=O) groups excluding carboxylic acids is 3. The molecule has 170 valence electrons. The molecular formula is C23H28N4O4S. The number of nitrogens with one attached hydrogen (secondary N) is 1. The van der Waals surface area contributed by atoms with E-state index in [9.17, 15) is 14.4 Å². The molecule has 1 unspecified atom stereocenters. The number of thiazole rings is 1. The fourth-order valence-corrected chi connectivity index (χ4v) is 3.85. The third kappa shape index (κ3) is 6.00. The largest absolute Gasteiger partial charge is 0.457 e. The number of esters is 1. The molecule has 0 bridgehead atoms. The number of ether oxygens (including phenoxy) is 1. The van der Waals surface area contributed by atoms with Gasteiger partial charge in [0.2, 0.25) is 0 Å². The minimum atomic E-state index is -0.604. The molecule has 1 aromatic heterocycles. The van der Waals surface area contributed by atoms with Crippen LogP contribution in [-0.4, -0.2) is 45.6 Å². The highest BCUT2D eigenvalue weighted by molar-refractivity contribution is 7.14. The van der Waals surface area contributed by atoms with E-state index >= 15 is 0 Å². The molecular weight excluding hydrogens is 428 g/mol. The maximum Gasteiger partial charge on any atom is 0.330 e. The van der Waals surface area contributed by atoms with Gasteiger partial charge in [0.1, 0.15) is 11.4 Å². The van der Waals surface area contributed by atoms with Gasteiger partial charge in [0.15, 0.2) is 5.13 Å². The van der Waals surface area contributed by atoms with Gasteiger partial charge in [0.05, 0.1) is 11.6 Å². The first-order valence-corrected chi connectivity index (χ1v) is 11.2. The van der Waals surface area contributed by atoms with Gasteiger partial charge in [0.25, 0.3) is 11.8 Å². The molecule has 0 spiro atoms. The summed E-state index contributed by atoms with van der Waals surface area (Å²) in [4.78, 5) is 47.3. The zero-order valence-electron chi connectivity index (χ0n) is 19.1. The molecule has 3 rings (SSSR count). The molecule has 32 heavy (non-hydrogen) atoms. The normalized spacial score (nSPS) is 18.9. The van der Waals surface area contributed by atoms with Crippen molar-refractivity contribution in [2.24, 2.45) is 10.9 Å². The minimum Gasteiger partial charge on any atom is -0.457 e. The van der Waals surface area contributed by atoms with Crippen molar-refractivity contribution >= 4 is 40.1 Å². The molecule has 2 aliphatic rings. The Labute approximate surface area is 191 Å². The highest BCUT2D eigenvalue weighted by Crippen LogP contribution is 2.27. The van der Waals surface area contributed by atoms with Gasteiger partial charge in [-0.25, -0.2) is 9.78 Å². The summed E-state index contributed by atoms with van der Waals surface area (Å²) in [5.41, 5.74) is 0.580. The molecule has 3 heterocycles. The van der Waals surface area contributed by atoms with E-state index in [1.807, 2.05) is 5.38 Å². The number of carbonyl (C=O) groups is 3. The Hall–Kier alpha value is -3.07. The van der Waals surface area contributed by atoms with Gasteiger partial charge in [-0.05, 0) is 32.9 Å². The molecule has 0 fully saturated rings. The predicted octanol–water partition coefficient (Wildman–Crippen LogP) is 3.59. The van der Waals surface area contributed by atoms with Gasteiger partial charge in [-0.15, -0.1) is 11.3 Å². The van der Waals surface area contributed by atoms with E-state index in [0.29, 0.717) is 23.1 Å². The van der Waals surface area contributed by atoms with Crippen molar-refractivity contribution in [3.8, 4) is 0 Å². The summed E-state index contributed by atoms with van der Waals surface area (Å²) in [7, 11) is 0. The third-order valence-corrected chi connectivity index (χ3v) is 5.33. The molecule has 1 aromatic rings. The number of nitrogens with zero attached hydrogens (tertiary/aromatic N) is 3. The number of aromatic nitrogens is 1. The quantitative estimate of drug-likeness (QED) is 0.549. The predicted molar refractivity (Wildman–Crippen MR) is 124 cm³/mol. The van der Waals surface area contributed by atoms with Gasteiger partial charge >= 0.3 is 5.97 Å². The third-order valence-electron chi connectivity index (χ3n) is 4.57. The monoisotopic (exact) mass is 456 g/mol. The van der Waals surface area contributed by atoms with Crippen molar-refractivity contribution in [1.29, 1.82) is 0 Å². The van der Waals surface area contributed by atoms with Gasteiger partial charge in [-0.3, -0.25) is 14.9 Å². The van der Waals surface area contributed by atoms with E-state index in [1.54, 1.807) is 44.0 Å². The zero-order chi connectivity index (χ0) is 23.7. The summed E-state index contributed by atoms with van der Waals surface area (Å²) < 4.78 is 5.22. The van der Waals surface area contributed by atoms with E-state index < -0.39 is 17.5 Å². The maximum atomic E-state index is 12.7. The second-order valence-electron chi connectivity index (χ2n) is 9.62. The van der Waals surface area contributed by atoms with Crippen molar-refractivity contribution < 1.29 is 19.1 Å². The first-order chi connectivity index (χ1) is 14.8. The van der Waals surface area contributed by atoms with Gasteiger partial charge < -0.3 is 9.64 Å². The molecule has 2 aliphatic heterocycles. The molecule has 8 nitrogen and oxygen atoms in total. The van der Waals surface area contributed by atoms with E-state index in [-0.39, 0.29) is 17.2 Å². The van der Waals surface area contributed by atoms with Crippen molar-refractivity contribution in [3.05, 3.63) is 47.2 Å². The summed E-state index contributed by atoms with van der Waals surface area (Å²) in [6, 6.07) is 0. The molecule has 1 N–H and O–H groups in total.